The molecule has 0 aliphatic rings. The second-order valence-electron chi connectivity index (χ2n) is 1.58. The Hall–Kier alpha value is -0.440. The maximum absolute atomic E-state index is 3.94. The minimum absolute atomic E-state index is 1.05. The highest BCUT2D eigenvalue weighted by Gasteiger charge is 1.90. The van der Waals surface area contributed by atoms with Crippen LogP contribution in [-0.2, 0) is 0 Å². The Morgan fingerprint density at radius 3 is 2.75 bits per heavy atom. The van der Waals surface area contributed by atoms with Crippen molar-refractivity contribution in [3.05, 3.63) is 11.8 Å². The monoisotopic (exact) mass is 128 g/mol. The Morgan fingerprint density at radius 1 is 1.75 bits per heavy atom. The molecule has 0 aliphatic carbocycles. The summed E-state index contributed by atoms with van der Waals surface area (Å²) in [5.74, 6) is 0. The molecule has 0 aromatic carbocycles. The highest BCUT2D eigenvalue weighted by Crippen LogP contribution is 2.10. The number of thioether (sulfide) groups is 1. The molecule has 1 N–H and O–H groups in total. The molecular formula is C5H8N2S. The van der Waals surface area contributed by atoms with Gasteiger partial charge in [-0.25, -0.2) is 0 Å². The summed E-state index contributed by atoms with van der Waals surface area (Å²) < 4.78 is 0. The summed E-state index contributed by atoms with van der Waals surface area (Å²) in [5, 5.41) is 7.94. The molecule has 0 radical (unpaired) electrons. The molecule has 0 aliphatic heterocycles. The van der Waals surface area contributed by atoms with E-state index in [1.165, 1.54) is 0 Å². The number of nitrogens with one attached hydrogen (secondary N) is 1. The van der Waals surface area contributed by atoms with Gasteiger partial charge in [-0.15, -0.1) is 11.8 Å². The Kier molecular flexibility index (Phi) is 1.58. The molecule has 44 valence electrons. The number of hydrogen-bond donors (Lipinski definition) is 1. The smallest absolute Gasteiger partial charge is 0.0907 e. The molecule has 1 rings (SSSR count). The molecule has 0 saturated carbocycles. The van der Waals surface area contributed by atoms with Crippen LogP contribution < -0.4 is 0 Å². The van der Waals surface area contributed by atoms with Crippen molar-refractivity contribution in [2.75, 3.05) is 6.26 Å². The third-order valence-corrected chi connectivity index (χ3v) is 1.55. The molecule has 0 spiro atoms. The van der Waals surface area contributed by atoms with Gasteiger partial charge in [0.1, 0.15) is 0 Å². The maximum Gasteiger partial charge on any atom is 0.0907 e. The van der Waals surface area contributed by atoms with Crippen molar-refractivity contribution >= 4 is 11.8 Å². The summed E-state index contributed by atoms with van der Waals surface area (Å²) >= 11 is 1.67. The lowest BCUT2D eigenvalue weighted by molar-refractivity contribution is 0.983. The lowest BCUT2D eigenvalue weighted by Gasteiger charge is -1.79. The lowest BCUT2D eigenvalue weighted by atomic mass is 10.5. The molecule has 0 atom stereocenters. The summed E-state index contributed by atoms with van der Waals surface area (Å²) in [6, 6.07) is 2.02. The van der Waals surface area contributed by atoms with Gasteiger partial charge in [0, 0.05) is 0 Å². The zero-order chi connectivity index (χ0) is 5.98. The standard InChI is InChI=1S/C5H8N2S/c1-4-3-5(8-2)7-6-4/h3H,1-2H3,(H,6,7). The summed E-state index contributed by atoms with van der Waals surface area (Å²) in [7, 11) is 0. The first-order chi connectivity index (χ1) is 3.83. The van der Waals surface area contributed by atoms with E-state index in [0.29, 0.717) is 0 Å². The molecule has 0 unspecified atom stereocenters. The molecule has 8 heavy (non-hydrogen) atoms. The zero-order valence-electron chi connectivity index (χ0n) is 4.93. The number of H-pyrrole nitrogens is 1. The van der Waals surface area contributed by atoms with Crippen LogP contribution in [0.1, 0.15) is 5.69 Å². The van der Waals surface area contributed by atoms with Gasteiger partial charge in [0.2, 0.25) is 0 Å². The highest BCUT2D eigenvalue weighted by molar-refractivity contribution is 7.98. The van der Waals surface area contributed by atoms with Crippen LogP contribution in [0.2, 0.25) is 0 Å². The maximum atomic E-state index is 3.94. The second kappa shape index (κ2) is 2.22. The largest absolute Gasteiger partial charge is 0.272 e. The van der Waals surface area contributed by atoms with E-state index in [-0.39, 0.29) is 0 Å². The molecule has 0 saturated heterocycles. The fourth-order valence-corrected chi connectivity index (χ4v) is 0.927. The van der Waals surface area contributed by atoms with E-state index in [0.717, 1.165) is 10.7 Å². The van der Waals surface area contributed by atoms with Crippen molar-refractivity contribution in [2.45, 2.75) is 11.9 Å². The Balaban J connectivity index is 2.84. The Labute approximate surface area is 52.7 Å². The van der Waals surface area contributed by atoms with Gasteiger partial charge < -0.3 is 0 Å². The number of aromatic amines is 1. The van der Waals surface area contributed by atoms with Crippen LogP contribution in [0.4, 0.5) is 0 Å². The van der Waals surface area contributed by atoms with Crippen LogP contribution in [-0.4, -0.2) is 16.5 Å². The van der Waals surface area contributed by atoms with Crippen LogP contribution in [0.5, 0.6) is 0 Å². The van der Waals surface area contributed by atoms with Crippen molar-refractivity contribution < 1.29 is 0 Å². The molecule has 1 aromatic heterocycles. The van der Waals surface area contributed by atoms with Crippen LogP contribution in [0.3, 0.4) is 0 Å². The van der Waals surface area contributed by atoms with Gasteiger partial charge in [-0.05, 0) is 19.2 Å². The topological polar surface area (TPSA) is 28.7 Å². The van der Waals surface area contributed by atoms with Crippen molar-refractivity contribution in [3.8, 4) is 0 Å². The molecule has 1 heterocycles. The van der Waals surface area contributed by atoms with Gasteiger partial charge in [0.15, 0.2) is 0 Å². The summed E-state index contributed by atoms with van der Waals surface area (Å²) in [5.41, 5.74) is 1.05. The fourth-order valence-electron chi connectivity index (χ4n) is 0.502. The summed E-state index contributed by atoms with van der Waals surface area (Å²) in [6.45, 7) is 1.97. The van der Waals surface area contributed by atoms with Crippen LogP contribution >= 0.6 is 11.8 Å². The van der Waals surface area contributed by atoms with Gasteiger partial charge in [-0.3, -0.25) is 5.10 Å². The van der Waals surface area contributed by atoms with Crippen molar-refractivity contribution in [3.63, 3.8) is 0 Å². The minimum Gasteiger partial charge on any atom is -0.272 e. The van der Waals surface area contributed by atoms with Crippen LogP contribution in [0, 0.1) is 6.92 Å². The van der Waals surface area contributed by atoms with E-state index in [1.807, 2.05) is 19.2 Å². The Morgan fingerprint density at radius 2 is 2.50 bits per heavy atom. The Bertz CT molecular complexity index is 171. The molecular weight excluding hydrogens is 120 g/mol. The molecule has 1 aromatic rings. The van der Waals surface area contributed by atoms with Crippen molar-refractivity contribution in [1.82, 2.24) is 10.2 Å². The number of aryl methyl sites for hydroxylation is 1. The van der Waals surface area contributed by atoms with E-state index in [4.69, 9.17) is 0 Å². The van der Waals surface area contributed by atoms with E-state index in [1.54, 1.807) is 11.8 Å². The van der Waals surface area contributed by atoms with Gasteiger partial charge in [-0.2, -0.15) is 5.10 Å². The van der Waals surface area contributed by atoms with Gasteiger partial charge in [0.05, 0.1) is 10.7 Å². The van der Waals surface area contributed by atoms with Crippen LogP contribution in [0.25, 0.3) is 0 Å². The van der Waals surface area contributed by atoms with E-state index in [9.17, 15) is 0 Å². The SMILES string of the molecule is CSc1cc(C)n[nH]1. The number of nitrogens with zero attached hydrogens (tertiary/aromatic N) is 1. The highest BCUT2D eigenvalue weighted by atomic mass is 32.2. The molecule has 0 amide bonds. The third-order valence-electron chi connectivity index (χ3n) is 0.902. The van der Waals surface area contributed by atoms with E-state index >= 15 is 0 Å². The third kappa shape index (κ3) is 1.04. The van der Waals surface area contributed by atoms with Gasteiger partial charge in [-0.1, -0.05) is 0 Å². The first-order valence-corrected chi connectivity index (χ1v) is 3.61. The first kappa shape index (κ1) is 5.69. The predicted molar refractivity (Wildman–Crippen MR) is 35.1 cm³/mol. The van der Waals surface area contributed by atoms with Gasteiger partial charge in [0.25, 0.3) is 0 Å². The summed E-state index contributed by atoms with van der Waals surface area (Å²) in [6.07, 6.45) is 2.02. The lowest BCUT2D eigenvalue weighted by Crippen LogP contribution is -1.67. The van der Waals surface area contributed by atoms with Crippen molar-refractivity contribution in [1.29, 1.82) is 0 Å². The first-order valence-electron chi connectivity index (χ1n) is 2.39. The molecule has 2 nitrogen and oxygen atoms in total. The normalized spacial score (nSPS) is 9.75. The van der Waals surface area contributed by atoms with Gasteiger partial charge >= 0.3 is 0 Å². The fraction of sp³-hybridized carbons (Fsp3) is 0.400. The van der Waals surface area contributed by atoms with E-state index in [2.05, 4.69) is 10.2 Å². The quantitative estimate of drug-likeness (QED) is 0.580. The second-order valence-corrected chi connectivity index (χ2v) is 2.43. The number of rotatable bonds is 1. The summed E-state index contributed by atoms with van der Waals surface area (Å²) in [4.78, 5) is 0. The predicted octanol–water partition coefficient (Wildman–Crippen LogP) is 1.44. The molecule has 0 fully saturated rings. The number of aromatic nitrogens is 2. The minimum atomic E-state index is 1.05. The molecule has 0 bridgehead atoms. The molecule has 3 heteroatoms. The zero-order valence-corrected chi connectivity index (χ0v) is 5.75. The van der Waals surface area contributed by atoms with Crippen LogP contribution in [0.15, 0.2) is 11.1 Å². The van der Waals surface area contributed by atoms with E-state index < -0.39 is 0 Å². The number of hydrogen-bond acceptors (Lipinski definition) is 2. The average Bonchev–Trinajstić information content (AvgIpc) is 2.14. The van der Waals surface area contributed by atoms with Crippen molar-refractivity contribution in [2.24, 2.45) is 0 Å². The average molecular weight is 128 g/mol.